The number of nitro benzene ring substituents is 1. The number of non-ortho nitro benzene ring substituents is 1. The fourth-order valence-corrected chi connectivity index (χ4v) is 1.70. The second-order valence-corrected chi connectivity index (χ2v) is 4.43. The number of nitrogens with zero attached hydrogens (tertiary/aromatic N) is 1. The number of hydrogen-bond acceptors (Lipinski definition) is 3. The summed E-state index contributed by atoms with van der Waals surface area (Å²) in [5.74, 6) is -0.380. The molecular weight excluding hydrogens is 311 g/mol. The van der Waals surface area contributed by atoms with Crippen molar-refractivity contribution in [2.45, 2.75) is 6.18 Å². The molecule has 0 aliphatic carbocycles. The molecule has 0 saturated heterocycles. The van der Waals surface area contributed by atoms with E-state index in [-0.39, 0.29) is 5.75 Å². The second-order valence-electron chi connectivity index (χ2n) is 3.99. The summed E-state index contributed by atoms with van der Waals surface area (Å²) in [6, 6.07) is 7.99. The molecule has 21 heavy (non-hydrogen) atoms. The zero-order chi connectivity index (χ0) is 15.6. The molecule has 0 atom stereocenters. The molecule has 0 N–H and O–H groups in total. The molecule has 0 heterocycles. The monoisotopic (exact) mass is 317 g/mol. The minimum atomic E-state index is -4.77. The van der Waals surface area contributed by atoms with Crippen molar-refractivity contribution >= 4 is 17.3 Å². The van der Waals surface area contributed by atoms with E-state index in [1.807, 2.05) is 0 Å². The van der Waals surface area contributed by atoms with Crippen LogP contribution in [0.2, 0.25) is 5.02 Å². The van der Waals surface area contributed by atoms with E-state index in [0.29, 0.717) is 11.1 Å². The molecule has 0 fully saturated rings. The van der Waals surface area contributed by atoms with Crippen LogP contribution in [-0.4, -0.2) is 4.92 Å². The lowest BCUT2D eigenvalue weighted by atomic mass is 10.1. The SMILES string of the molecule is O=[N+]([O-])c1ccc(Oc2ccc(Cl)cc2)c(C(F)(F)F)c1. The molecular formula is C13H7ClF3NO3. The number of halogens is 4. The van der Waals surface area contributed by atoms with Crippen LogP contribution in [0.1, 0.15) is 5.56 Å². The minimum absolute atomic E-state index is 0.138. The topological polar surface area (TPSA) is 52.4 Å². The average molecular weight is 318 g/mol. The minimum Gasteiger partial charge on any atom is -0.457 e. The highest BCUT2D eigenvalue weighted by Gasteiger charge is 2.36. The van der Waals surface area contributed by atoms with E-state index in [4.69, 9.17) is 16.3 Å². The summed E-state index contributed by atoms with van der Waals surface area (Å²) in [5.41, 5.74) is -1.88. The van der Waals surface area contributed by atoms with Crippen LogP contribution >= 0.6 is 11.6 Å². The van der Waals surface area contributed by atoms with Gasteiger partial charge in [0.05, 0.1) is 4.92 Å². The molecule has 0 aromatic heterocycles. The Balaban J connectivity index is 2.43. The van der Waals surface area contributed by atoms with E-state index in [1.54, 1.807) is 0 Å². The summed E-state index contributed by atoms with van der Waals surface area (Å²) in [5, 5.41) is 11.0. The lowest BCUT2D eigenvalue weighted by Gasteiger charge is -2.13. The van der Waals surface area contributed by atoms with Crippen molar-refractivity contribution in [3.8, 4) is 11.5 Å². The summed E-state index contributed by atoms with van der Waals surface area (Å²) < 4.78 is 43.9. The fourth-order valence-electron chi connectivity index (χ4n) is 1.57. The van der Waals surface area contributed by atoms with E-state index >= 15 is 0 Å². The highest BCUT2D eigenvalue weighted by Crippen LogP contribution is 2.40. The molecule has 0 radical (unpaired) electrons. The van der Waals surface area contributed by atoms with Gasteiger partial charge in [-0.1, -0.05) is 11.6 Å². The number of hydrogen-bond donors (Lipinski definition) is 0. The first kappa shape index (κ1) is 15.1. The van der Waals surface area contributed by atoms with E-state index in [0.717, 1.165) is 12.1 Å². The first-order valence-electron chi connectivity index (χ1n) is 5.56. The van der Waals surface area contributed by atoms with Crippen LogP contribution in [0, 0.1) is 10.1 Å². The van der Waals surface area contributed by atoms with Gasteiger partial charge < -0.3 is 4.74 Å². The molecule has 0 aliphatic heterocycles. The maximum absolute atomic E-state index is 12.9. The van der Waals surface area contributed by atoms with Crippen molar-refractivity contribution in [1.82, 2.24) is 0 Å². The third kappa shape index (κ3) is 3.63. The van der Waals surface area contributed by atoms with Gasteiger partial charge in [-0.15, -0.1) is 0 Å². The largest absolute Gasteiger partial charge is 0.457 e. The Labute approximate surface area is 121 Å². The molecule has 0 aliphatic rings. The fraction of sp³-hybridized carbons (Fsp3) is 0.0769. The highest BCUT2D eigenvalue weighted by molar-refractivity contribution is 6.30. The van der Waals surface area contributed by atoms with Crippen molar-refractivity contribution in [2.24, 2.45) is 0 Å². The molecule has 110 valence electrons. The molecule has 0 saturated carbocycles. The van der Waals surface area contributed by atoms with Crippen molar-refractivity contribution in [3.05, 3.63) is 63.2 Å². The number of ether oxygens (including phenoxy) is 1. The van der Waals surface area contributed by atoms with Gasteiger partial charge >= 0.3 is 6.18 Å². The number of benzene rings is 2. The molecule has 2 rings (SSSR count). The molecule has 0 unspecified atom stereocenters. The van der Waals surface area contributed by atoms with E-state index in [2.05, 4.69) is 0 Å². The Bertz CT molecular complexity index is 671. The normalized spacial score (nSPS) is 11.2. The zero-order valence-corrected chi connectivity index (χ0v) is 11.0. The van der Waals surface area contributed by atoms with Crippen LogP contribution in [0.15, 0.2) is 42.5 Å². The van der Waals surface area contributed by atoms with Gasteiger partial charge in [0.15, 0.2) is 0 Å². The molecule has 2 aromatic carbocycles. The van der Waals surface area contributed by atoms with Crippen molar-refractivity contribution in [2.75, 3.05) is 0 Å². The third-order valence-electron chi connectivity index (χ3n) is 2.52. The van der Waals surface area contributed by atoms with Gasteiger partial charge in [0.25, 0.3) is 5.69 Å². The van der Waals surface area contributed by atoms with Gasteiger partial charge in [-0.05, 0) is 30.3 Å². The molecule has 2 aromatic rings. The van der Waals surface area contributed by atoms with Crippen LogP contribution in [0.5, 0.6) is 11.5 Å². The number of nitro groups is 1. The van der Waals surface area contributed by atoms with Gasteiger partial charge in [0, 0.05) is 17.2 Å². The molecule has 0 spiro atoms. The molecule has 4 nitrogen and oxygen atoms in total. The van der Waals surface area contributed by atoms with Gasteiger partial charge in [-0.2, -0.15) is 13.2 Å². The van der Waals surface area contributed by atoms with E-state index < -0.39 is 28.1 Å². The predicted molar refractivity (Wildman–Crippen MR) is 69.6 cm³/mol. The molecule has 0 amide bonds. The first-order chi connectivity index (χ1) is 9.77. The Morgan fingerprint density at radius 2 is 1.71 bits per heavy atom. The maximum Gasteiger partial charge on any atom is 0.420 e. The third-order valence-corrected chi connectivity index (χ3v) is 2.77. The van der Waals surface area contributed by atoms with Crippen LogP contribution in [0.4, 0.5) is 18.9 Å². The van der Waals surface area contributed by atoms with E-state index in [9.17, 15) is 23.3 Å². The molecule has 8 heteroatoms. The van der Waals surface area contributed by atoms with Crippen LogP contribution < -0.4 is 4.74 Å². The summed E-state index contributed by atoms with van der Waals surface area (Å²) in [7, 11) is 0. The zero-order valence-electron chi connectivity index (χ0n) is 10.2. The quantitative estimate of drug-likeness (QED) is 0.587. The van der Waals surface area contributed by atoms with Crippen molar-refractivity contribution in [3.63, 3.8) is 0 Å². The lowest BCUT2D eigenvalue weighted by Crippen LogP contribution is -2.08. The summed E-state index contributed by atoms with van der Waals surface area (Å²) in [6.07, 6.45) is -4.77. The number of alkyl halides is 3. The van der Waals surface area contributed by atoms with Gasteiger partial charge in [-0.25, -0.2) is 0 Å². The van der Waals surface area contributed by atoms with Crippen LogP contribution in [-0.2, 0) is 6.18 Å². The maximum atomic E-state index is 12.9. The van der Waals surface area contributed by atoms with Crippen molar-refractivity contribution < 1.29 is 22.8 Å². The summed E-state index contributed by atoms with van der Waals surface area (Å²) in [4.78, 5) is 9.67. The Hall–Kier alpha value is -2.28. The van der Waals surface area contributed by atoms with Gasteiger partial charge in [-0.3, -0.25) is 10.1 Å². The van der Waals surface area contributed by atoms with Crippen molar-refractivity contribution in [1.29, 1.82) is 0 Å². The Kier molecular flexibility index (Phi) is 4.04. The standard InChI is InChI=1S/C13H7ClF3NO3/c14-8-1-4-10(5-2-8)21-12-6-3-9(18(19)20)7-11(12)13(15,16)17/h1-7H. The Morgan fingerprint density at radius 3 is 2.24 bits per heavy atom. The van der Waals surface area contributed by atoms with Gasteiger partial charge in [0.2, 0.25) is 0 Å². The first-order valence-corrected chi connectivity index (χ1v) is 5.94. The molecule has 0 bridgehead atoms. The van der Waals surface area contributed by atoms with Crippen LogP contribution in [0.3, 0.4) is 0 Å². The van der Waals surface area contributed by atoms with Gasteiger partial charge in [0.1, 0.15) is 17.1 Å². The smallest absolute Gasteiger partial charge is 0.420 e. The predicted octanol–water partition coefficient (Wildman–Crippen LogP) is 5.06. The highest BCUT2D eigenvalue weighted by atomic mass is 35.5. The average Bonchev–Trinajstić information content (AvgIpc) is 2.40. The van der Waals surface area contributed by atoms with E-state index in [1.165, 1.54) is 24.3 Å². The summed E-state index contributed by atoms with van der Waals surface area (Å²) in [6.45, 7) is 0. The second kappa shape index (κ2) is 5.61. The summed E-state index contributed by atoms with van der Waals surface area (Å²) >= 11 is 5.66. The Morgan fingerprint density at radius 1 is 1.10 bits per heavy atom. The van der Waals surface area contributed by atoms with Crippen LogP contribution in [0.25, 0.3) is 0 Å². The number of rotatable bonds is 3. The lowest BCUT2D eigenvalue weighted by molar-refractivity contribution is -0.385.